The number of nitrogens with zero attached hydrogens (tertiary/aromatic N) is 3. The van der Waals surface area contributed by atoms with E-state index in [-0.39, 0.29) is 0 Å². The summed E-state index contributed by atoms with van der Waals surface area (Å²) in [5.74, 6) is 0.832. The van der Waals surface area contributed by atoms with Crippen LogP contribution in [-0.4, -0.2) is 33.8 Å². The van der Waals surface area contributed by atoms with Gasteiger partial charge in [-0.15, -0.1) is 0 Å². The third-order valence-electron chi connectivity index (χ3n) is 3.39. The highest BCUT2D eigenvalue weighted by Gasteiger charge is 2.35. The molecule has 0 amide bonds. The van der Waals surface area contributed by atoms with Gasteiger partial charge in [-0.25, -0.2) is 4.68 Å². The molecule has 0 spiro atoms. The molecule has 2 fully saturated rings. The zero-order valence-electron chi connectivity index (χ0n) is 8.56. The lowest BCUT2D eigenvalue weighted by Crippen LogP contribution is -2.24. The summed E-state index contributed by atoms with van der Waals surface area (Å²) in [6, 6.07) is 1.36. The fourth-order valence-corrected chi connectivity index (χ4v) is 2.75. The molecule has 1 saturated carbocycles. The maximum atomic E-state index is 5.99. The van der Waals surface area contributed by atoms with E-state index < -0.39 is 0 Å². The van der Waals surface area contributed by atoms with Crippen LogP contribution in [-0.2, 0) is 0 Å². The van der Waals surface area contributed by atoms with Crippen LogP contribution in [0, 0.1) is 3.57 Å². The van der Waals surface area contributed by atoms with Gasteiger partial charge in [0.1, 0.15) is 5.82 Å². The summed E-state index contributed by atoms with van der Waals surface area (Å²) < 4.78 is 3.07. The molecule has 1 saturated heterocycles. The zero-order valence-corrected chi connectivity index (χ0v) is 10.7. The largest absolute Gasteiger partial charge is 0.383 e. The molecule has 2 heterocycles. The van der Waals surface area contributed by atoms with Gasteiger partial charge >= 0.3 is 0 Å². The Kier molecular flexibility index (Phi) is 2.39. The van der Waals surface area contributed by atoms with Crippen molar-refractivity contribution in [3.05, 3.63) is 9.77 Å². The predicted octanol–water partition coefficient (Wildman–Crippen LogP) is 1.48. The molecule has 15 heavy (non-hydrogen) atoms. The van der Waals surface area contributed by atoms with E-state index in [2.05, 4.69) is 32.6 Å². The number of nitrogen functional groups attached to an aromatic ring is 1. The minimum atomic E-state index is 0.495. The number of halogens is 1. The van der Waals surface area contributed by atoms with Crippen molar-refractivity contribution in [1.29, 1.82) is 0 Å². The van der Waals surface area contributed by atoms with Crippen LogP contribution < -0.4 is 5.73 Å². The van der Waals surface area contributed by atoms with Crippen LogP contribution in [0.1, 0.15) is 25.3 Å². The normalized spacial score (nSPS) is 27.4. The van der Waals surface area contributed by atoms with Crippen LogP contribution >= 0.6 is 22.6 Å². The molecule has 1 aliphatic heterocycles. The first-order chi connectivity index (χ1) is 7.25. The van der Waals surface area contributed by atoms with Gasteiger partial charge in [-0.2, -0.15) is 5.10 Å². The number of anilines is 1. The highest BCUT2D eigenvalue weighted by atomic mass is 127. The maximum absolute atomic E-state index is 5.99. The molecule has 0 bridgehead atoms. The van der Waals surface area contributed by atoms with Crippen molar-refractivity contribution >= 4 is 28.4 Å². The Labute approximate surface area is 103 Å². The van der Waals surface area contributed by atoms with E-state index >= 15 is 0 Å². The first-order valence-electron chi connectivity index (χ1n) is 5.48. The van der Waals surface area contributed by atoms with Gasteiger partial charge in [0.05, 0.1) is 15.8 Å². The number of rotatable bonds is 2. The van der Waals surface area contributed by atoms with Crippen LogP contribution in [0.5, 0.6) is 0 Å². The average Bonchev–Trinajstić information content (AvgIpc) is 2.89. The van der Waals surface area contributed by atoms with Gasteiger partial charge in [0.25, 0.3) is 0 Å². The topological polar surface area (TPSA) is 47.1 Å². The van der Waals surface area contributed by atoms with Crippen molar-refractivity contribution in [2.75, 3.05) is 18.8 Å². The molecular formula is C10H15IN4. The Morgan fingerprint density at radius 2 is 2.13 bits per heavy atom. The number of hydrogen-bond acceptors (Lipinski definition) is 3. The molecule has 1 aromatic rings. The molecule has 82 valence electrons. The summed E-state index contributed by atoms with van der Waals surface area (Å²) in [4.78, 5) is 2.58. The Balaban J connectivity index is 1.75. The molecule has 1 atom stereocenters. The monoisotopic (exact) mass is 318 g/mol. The summed E-state index contributed by atoms with van der Waals surface area (Å²) in [5.41, 5.74) is 5.99. The summed E-state index contributed by atoms with van der Waals surface area (Å²) in [7, 11) is 0. The lowest BCUT2D eigenvalue weighted by Gasteiger charge is -2.15. The number of nitrogens with two attached hydrogens (primary N) is 1. The molecule has 2 aliphatic rings. The summed E-state index contributed by atoms with van der Waals surface area (Å²) >= 11 is 2.24. The van der Waals surface area contributed by atoms with Crippen molar-refractivity contribution in [3.8, 4) is 0 Å². The quantitative estimate of drug-likeness (QED) is 0.840. The molecule has 1 aliphatic carbocycles. The van der Waals surface area contributed by atoms with Crippen molar-refractivity contribution in [1.82, 2.24) is 14.7 Å². The molecule has 1 unspecified atom stereocenters. The minimum Gasteiger partial charge on any atom is -0.383 e. The fourth-order valence-electron chi connectivity index (χ4n) is 2.38. The second-order valence-electron chi connectivity index (χ2n) is 4.49. The van der Waals surface area contributed by atoms with Crippen molar-refractivity contribution in [2.45, 2.75) is 31.3 Å². The second-order valence-corrected chi connectivity index (χ2v) is 5.65. The third kappa shape index (κ3) is 1.75. The van der Waals surface area contributed by atoms with E-state index in [0.29, 0.717) is 6.04 Å². The molecule has 5 heteroatoms. The molecule has 1 aromatic heterocycles. The predicted molar refractivity (Wildman–Crippen MR) is 67.6 cm³/mol. The zero-order chi connectivity index (χ0) is 10.4. The smallest absolute Gasteiger partial charge is 0.135 e. The van der Waals surface area contributed by atoms with Gasteiger partial charge in [-0.1, -0.05) is 0 Å². The van der Waals surface area contributed by atoms with E-state index in [1.54, 1.807) is 0 Å². The van der Waals surface area contributed by atoms with E-state index in [1.807, 2.05) is 10.9 Å². The lowest BCUT2D eigenvalue weighted by molar-refractivity contribution is 0.310. The van der Waals surface area contributed by atoms with Gasteiger partial charge in [0, 0.05) is 19.1 Å². The van der Waals surface area contributed by atoms with E-state index in [0.717, 1.165) is 22.0 Å². The van der Waals surface area contributed by atoms with Gasteiger partial charge in [0.15, 0.2) is 0 Å². The molecule has 4 nitrogen and oxygen atoms in total. The van der Waals surface area contributed by atoms with E-state index in [4.69, 9.17) is 5.73 Å². The summed E-state index contributed by atoms with van der Waals surface area (Å²) in [5, 5.41) is 4.37. The Morgan fingerprint density at radius 3 is 2.73 bits per heavy atom. The van der Waals surface area contributed by atoms with Crippen LogP contribution in [0.3, 0.4) is 0 Å². The van der Waals surface area contributed by atoms with Crippen molar-refractivity contribution < 1.29 is 0 Å². The van der Waals surface area contributed by atoms with Crippen LogP contribution in [0.25, 0.3) is 0 Å². The van der Waals surface area contributed by atoms with E-state index in [1.165, 1.54) is 25.8 Å². The number of likely N-dealkylation sites (tertiary alicyclic amines) is 1. The average molecular weight is 318 g/mol. The molecule has 2 N–H and O–H groups in total. The summed E-state index contributed by atoms with van der Waals surface area (Å²) in [6.45, 7) is 2.35. The Morgan fingerprint density at radius 1 is 1.33 bits per heavy atom. The third-order valence-corrected chi connectivity index (χ3v) is 4.22. The molecular weight excluding hydrogens is 303 g/mol. The number of hydrogen-bond donors (Lipinski definition) is 1. The highest BCUT2D eigenvalue weighted by Crippen LogP contribution is 2.34. The SMILES string of the molecule is Nc1c(I)cnn1C1CCN(C2CC2)C1. The standard InChI is InChI=1S/C10H15IN4/c11-9-5-13-15(10(9)12)8-3-4-14(6-8)7-1-2-7/h5,7-8H,1-4,6,12H2. The molecule has 0 aromatic carbocycles. The number of aromatic nitrogens is 2. The van der Waals surface area contributed by atoms with Crippen LogP contribution in [0.4, 0.5) is 5.82 Å². The van der Waals surface area contributed by atoms with Crippen LogP contribution in [0.2, 0.25) is 0 Å². The molecule has 3 rings (SSSR count). The fraction of sp³-hybridized carbons (Fsp3) is 0.700. The minimum absolute atomic E-state index is 0.495. The van der Waals surface area contributed by atoms with E-state index in [9.17, 15) is 0 Å². The first kappa shape index (κ1) is 9.89. The van der Waals surface area contributed by atoms with Crippen molar-refractivity contribution in [3.63, 3.8) is 0 Å². The molecule has 0 radical (unpaired) electrons. The second kappa shape index (κ2) is 3.62. The highest BCUT2D eigenvalue weighted by molar-refractivity contribution is 14.1. The lowest BCUT2D eigenvalue weighted by atomic mass is 10.3. The first-order valence-corrected chi connectivity index (χ1v) is 6.56. The van der Waals surface area contributed by atoms with Gasteiger partial charge in [-0.05, 0) is 41.9 Å². The Bertz CT molecular complexity index is 371. The van der Waals surface area contributed by atoms with Gasteiger partial charge in [0.2, 0.25) is 0 Å². The van der Waals surface area contributed by atoms with Crippen molar-refractivity contribution in [2.24, 2.45) is 0 Å². The summed E-state index contributed by atoms with van der Waals surface area (Å²) in [6.07, 6.45) is 5.83. The van der Waals surface area contributed by atoms with Gasteiger partial charge < -0.3 is 5.73 Å². The Hall–Kier alpha value is -0.300. The van der Waals surface area contributed by atoms with Crippen LogP contribution in [0.15, 0.2) is 6.20 Å². The van der Waals surface area contributed by atoms with Gasteiger partial charge in [-0.3, -0.25) is 4.90 Å². The maximum Gasteiger partial charge on any atom is 0.135 e.